The molecule has 0 saturated carbocycles. The van der Waals surface area contributed by atoms with Gasteiger partial charge in [0.05, 0.1) is 11.6 Å². The molecule has 4 heteroatoms. The second-order valence-electron chi connectivity index (χ2n) is 5.48. The lowest BCUT2D eigenvalue weighted by atomic mass is 9.92. The van der Waals surface area contributed by atoms with E-state index in [1.807, 2.05) is 30.3 Å². The van der Waals surface area contributed by atoms with Gasteiger partial charge in [0.25, 0.3) is 0 Å². The van der Waals surface area contributed by atoms with Gasteiger partial charge in [-0.05, 0) is 46.7 Å². The number of nitrogens with one attached hydrogen (secondary N) is 1. The first-order valence-corrected chi connectivity index (χ1v) is 7.53. The molecule has 1 atom stereocenters. The van der Waals surface area contributed by atoms with Crippen molar-refractivity contribution in [3.05, 3.63) is 95.7 Å². The molecule has 1 N–H and O–H groups in total. The van der Waals surface area contributed by atoms with Gasteiger partial charge in [-0.15, -0.1) is 0 Å². The highest BCUT2D eigenvalue weighted by Crippen LogP contribution is 2.37. The quantitative estimate of drug-likeness (QED) is 0.775. The van der Waals surface area contributed by atoms with Gasteiger partial charge in [-0.3, -0.25) is 0 Å². The normalized spacial score (nSPS) is 17.1. The molecule has 24 heavy (non-hydrogen) atoms. The molecule has 2 aromatic carbocycles. The zero-order valence-corrected chi connectivity index (χ0v) is 12.8. The van der Waals surface area contributed by atoms with Crippen molar-refractivity contribution in [2.45, 2.75) is 12.2 Å². The first kappa shape index (κ1) is 16.1. The van der Waals surface area contributed by atoms with Crippen LogP contribution in [0.5, 0.6) is 0 Å². The van der Waals surface area contributed by atoms with Crippen LogP contribution in [0.4, 0.5) is 13.2 Å². The highest BCUT2D eigenvalue weighted by Gasteiger charge is 2.33. The van der Waals surface area contributed by atoms with Crippen LogP contribution < -0.4 is 5.32 Å². The molecular formula is C20H16F3N. The van der Waals surface area contributed by atoms with Crippen molar-refractivity contribution in [2.75, 3.05) is 0 Å². The summed E-state index contributed by atoms with van der Waals surface area (Å²) in [5.74, 6) is 0. The average Bonchev–Trinajstić information content (AvgIpc) is 2.61. The number of benzene rings is 2. The highest BCUT2D eigenvalue weighted by molar-refractivity contribution is 5.78. The Hall–Kier alpha value is -2.75. The number of hydrogen-bond acceptors (Lipinski definition) is 1. The summed E-state index contributed by atoms with van der Waals surface area (Å²) in [6.45, 7) is 3.79. The van der Waals surface area contributed by atoms with E-state index in [0.29, 0.717) is 5.57 Å². The minimum atomic E-state index is -4.38. The molecule has 1 heterocycles. The zero-order valence-electron chi connectivity index (χ0n) is 12.8. The second-order valence-corrected chi connectivity index (χ2v) is 5.48. The van der Waals surface area contributed by atoms with E-state index in [4.69, 9.17) is 0 Å². The van der Waals surface area contributed by atoms with Crippen LogP contribution in [0.25, 0.3) is 11.6 Å². The first-order chi connectivity index (χ1) is 11.5. The van der Waals surface area contributed by atoms with Gasteiger partial charge in [-0.1, -0.05) is 55.1 Å². The third kappa shape index (κ3) is 3.13. The maximum absolute atomic E-state index is 13.3. The van der Waals surface area contributed by atoms with E-state index < -0.39 is 11.7 Å². The number of alkyl halides is 3. The molecule has 1 aliphatic heterocycles. The minimum Gasteiger partial charge on any atom is -0.381 e. The van der Waals surface area contributed by atoms with E-state index in [0.717, 1.165) is 17.2 Å². The van der Waals surface area contributed by atoms with Crippen molar-refractivity contribution < 1.29 is 13.2 Å². The smallest absolute Gasteiger partial charge is 0.381 e. The summed E-state index contributed by atoms with van der Waals surface area (Å²) in [6.07, 6.45) is 2.52. The van der Waals surface area contributed by atoms with Gasteiger partial charge in [0.2, 0.25) is 0 Å². The fraction of sp³-hybridized carbons (Fsp3) is 0.100. The summed E-state index contributed by atoms with van der Waals surface area (Å²) in [4.78, 5) is 0. The van der Waals surface area contributed by atoms with E-state index >= 15 is 0 Å². The third-order valence-electron chi connectivity index (χ3n) is 3.98. The summed E-state index contributed by atoms with van der Waals surface area (Å²) in [6, 6.07) is 13.1. The lowest BCUT2D eigenvalue weighted by Crippen LogP contribution is -2.18. The number of hydrogen-bond donors (Lipinski definition) is 1. The fourth-order valence-corrected chi connectivity index (χ4v) is 2.85. The molecule has 0 radical (unpaired) electrons. The van der Waals surface area contributed by atoms with Crippen molar-refractivity contribution in [3.63, 3.8) is 0 Å². The van der Waals surface area contributed by atoms with Crippen molar-refractivity contribution in [1.29, 1.82) is 0 Å². The largest absolute Gasteiger partial charge is 0.417 e. The first-order valence-electron chi connectivity index (χ1n) is 7.53. The van der Waals surface area contributed by atoms with E-state index in [2.05, 4.69) is 11.9 Å². The summed E-state index contributed by atoms with van der Waals surface area (Å²) < 4.78 is 39.8. The van der Waals surface area contributed by atoms with Gasteiger partial charge in [-0.25, -0.2) is 0 Å². The Labute approximate surface area is 138 Å². The van der Waals surface area contributed by atoms with Gasteiger partial charge >= 0.3 is 6.18 Å². The number of dihydropyridines is 1. The predicted octanol–water partition coefficient (Wildman–Crippen LogP) is 5.59. The van der Waals surface area contributed by atoms with Crippen molar-refractivity contribution in [1.82, 2.24) is 5.32 Å². The van der Waals surface area contributed by atoms with Crippen LogP contribution in [0, 0.1) is 0 Å². The van der Waals surface area contributed by atoms with Gasteiger partial charge in [0.1, 0.15) is 0 Å². The van der Waals surface area contributed by atoms with Gasteiger partial charge in [0, 0.05) is 0 Å². The van der Waals surface area contributed by atoms with Crippen molar-refractivity contribution in [3.8, 4) is 0 Å². The number of allylic oxidation sites excluding steroid dienone is 2. The minimum absolute atomic E-state index is 0.184. The van der Waals surface area contributed by atoms with Crippen LogP contribution in [-0.4, -0.2) is 0 Å². The zero-order chi connectivity index (χ0) is 17.2. The molecule has 0 spiro atoms. The number of rotatable bonds is 3. The Morgan fingerprint density at radius 3 is 2.46 bits per heavy atom. The SMILES string of the molecule is C=Cc1ccccc1C1C=C(c2ccccc2C(F)(F)F)C=CN1. The molecule has 0 bridgehead atoms. The fourth-order valence-electron chi connectivity index (χ4n) is 2.85. The van der Waals surface area contributed by atoms with E-state index in [9.17, 15) is 13.2 Å². The molecule has 1 unspecified atom stereocenters. The predicted molar refractivity (Wildman–Crippen MR) is 91.0 cm³/mol. The molecule has 0 aromatic heterocycles. The Kier molecular flexibility index (Phi) is 4.30. The second kappa shape index (κ2) is 6.40. The van der Waals surface area contributed by atoms with Crippen LogP contribution in [0.1, 0.15) is 28.3 Å². The molecule has 0 amide bonds. The third-order valence-corrected chi connectivity index (χ3v) is 3.98. The molecule has 3 rings (SSSR count). The van der Waals surface area contributed by atoms with Crippen molar-refractivity contribution in [2.24, 2.45) is 0 Å². The van der Waals surface area contributed by atoms with Gasteiger partial charge in [0.15, 0.2) is 0 Å². The highest BCUT2D eigenvalue weighted by atomic mass is 19.4. The van der Waals surface area contributed by atoms with Crippen LogP contribution in [0.15, 0.2) is 73.5 Å². The lowest BCUT2D eigenvalue weighted by Gasteiger charge is -2.23. The van der Waals surface area contributed by atoms with Gasteiger partial charge < -0.3 is 5.32 Å². The van der Waals surface area contributed by atoms with E-state index in [-0.39, 0.29) is 11.6 Å². The molecule has 0 aliphatic carbocycles. The van der Waals surface area contributed by atoms with Crippen molar-refractivity contribution >= 4 is 11.6 Å². The maximum atomic E-state index is 13.3. The lowest BCUT2D eigenvalue weighted by molar-refractivity contribution is -0.137. The molecule has 0 saturated heterocycles. The van der Waals surface area contributed by atoms with Gasteiger partial charge in [-0.2, -0.15) is 13.2 Å². The molecule has 1 aliphatic rings. The van der Waals surface area contributed by atoms with E-state index in [1.54, 1.807) is 24.4 Å². The molecule has 1 nitrogen and oxygen atoms in total. The summed E-state index contributed by atoms with van der Waals surface area (Å²) in [5.41, 5.74) is 2.02. The van der Waals surface area contributed by atoms with Crippen LogP contribution in [-0.2, 0) is 6.18 Å². The van der Waals surface area contributed by atoms with Crippen LogP contribution in [0.2, 0.25) is 0 Å². The Morgan fingerprint density at radius 1 is 1.00 bits per heavy atom. The molecular weight excluding hydrogens is 311 g/mol. The Balaban J connectivity index is 2.06. The monoisotopic (exact) mass is 327 g/mol. The molecule has 2 aromatic rings. The van der Waals surface area contributed by atoms with Crippen LogP contribution >= 0.6 is 0 Å². The molecule has 0 fully saturated rings. The summed E-state index contributed by atoms with van der Waals surface area (Å²) in [7, 11) is 0. The Bertz CT molecular complexity index is 816. The average molecular weight is 327 g/mol. The standard InChI is InChI=1S/C20H16F3N/c1-2-14-7-3-4-9-17(14)19-13-15(11-12-24-19)16-8-5-6-10-18(16)20(21,22)23/h2-13,19,24H,1H2. The van der Waals surface area contributed by atoms with E-state index in [1.165, 1.54) is 12.1 Å². The maximum Gasteiger partial charge on any atom is 0.417 e. The summed E-state index contributed by atoms with van der Waals surface area (Å²) >= 11 is 0. The summed E-state index contributed by atoms with van der Waals surface area (Å²) in [5, 5.41) is 3.18. The Morgan fingerprint density at radius 2 is 1.71 bits per heavy atom. The number of halogens is 3. The molecule has 122 valence electrons. The topological polar surface area (TPSA) is 12.0 Å². The van der Waals surface area contributed by atoms with Crippen LogP contribution in [0.3, 0.4) is 0 Å².